The molecule has 0 aromatic heterocycles. The third-order valence-electron chi connectivity index (χ3n) is 9.59. The number of ketones is 1. The van der Waals surface area contributed by atoms with E-state index < -0.39 is 0 Å². The van der Waals surface area contributed by atoms with E-state index in [1.54, 1.807) is 0 Å². The Kier molecular flexibility index (Phi) is 6.64. The van der Waals surface area contributed by atoms with Crippen LogP contribution in [0.1, 0.15) is 78.1 Å². The van der Waals surface area contributed by atoms with Crippen molar-refractivity contribution < 1.29 is 23.9 Å². The maximum atomic E-state index is 12.0. The molecule has 0 aromatic carbocycles. The first kappa shape index (κ1) is 24.5. The topological polar surface area (TPSA) is 95.7 Å². The van der Waals surface area contributed by atoms with Crippen molar-refractivity contribution in [2.45, 2.75) is 89.2 Å². The van der Waals surface area contributed by atoms with Crippen molar-refractivity contribution in [1.82, 2.24) is 0 Å². The van der Waals surface area contributed by atoms with E-state index in [0.29, 0.717) is 36.9 Å². The summed E-state index contributed by atoms with van der Waals surface area (Å²) in [5.41, 5.74) is 8.26. The number of esters is 1. The predicted molar refractivity (Wildman–Crippen MR) is 121 cm³/mol. The van der Waals surface area contributed by atoms with Gasteiger partial charge in [-0.25, -0.2) is 0 Å². The summed E-state index contributed by atoms with van der Waals surface area (Å²) < 4.78 is 9.86. The van der Waals surface area contributed by atoms with E-state index in [1.807, 2.05) is 6.08 Å². The summed E-state index contributed by atoms with van der Waals surface area (Å²) in [7, 11) is 1.31. The number of carbonyl (C=O) groups is 3. The van der Waals surface area contributed by atoms with Crippen LogP contribution in [0, 0.1) is 35.5 Å². The van der Waals surface area contributed by atoms with Crippen LogP contribution in [0.25, 0.3) is 0 Å². The van der Waals surface area contributed by atoms with Crippen LogP contribution in [0.4, 0.5) is 0 Å². The lowest BCUT2D eigenvalue weighted by Gasteiger charge is -2.63. The summed E-state index contributed by atoms with van der Waals surface area (Å²) in [5, 5.41) is 0. The number of rotatable bonds is 1. The summed E-state index contributed by atoms with van der Waals surface area (Å²) >= 11 is 0. The van der Waals surface area contributed by atoms with Crippen LogP contribution in [0.15, 0.2) is 11.6 Å². The minimum atomic E-state index is -0.272. The molecular formula is C26H37NO5. The molecule has 1 spiro atoms. The van der Waals surface area contributed by atoms with E-state index in [2.05, 4.69) is 31.4 Å². The molecule has 1 heterocycles. The molecule has 5 aliphatic rings. The molecule has 6 nitrogen and oxygen atoms in total. The van der Waals surface area contributed by atoms with Gasteiger partial charge in [0, 0.05) is 23.8 Å². The summed E-state index contributed by atoms with van der Waals surface area (Å²) in [4.78, 5) is 32.9. The van der Waals surface area contributed by atoms with Crippen LogP contribution < -0.4 is 5.73 Å². The molecule has 0 aromatic rings. The normalized spacial score (nSPS) is 43.8. The zero-order valence-electron chi connectivity index (χ0n) is 19.7. The van der Waals surface area contributed by atoms with Crippen molar-refractivity contribution in [2.24, 2.45) is 28.4 Å². The highest BCUT2D eigenvalue weighted by Crippen LogP contribution is 2.70. The number of nitrogens with two attached hydrogens (primary N) is 1. The minimum Gasteiger partial charge on any atom is -0.471 e. The molecule has 1 saturated heterocycles. The van der Waals surface area contributed by atoms with Crippen molar-refractivity contribution in [2.75, 3.05) is 7.11 Å². The second kappa shape index (κ2) is 8.67. The zero-order chi connectivity index (χ0) is 23.8. The van der Waals surface area contributed by atoms with Crippen LogP contribution in [0.3, 0.4) is 0 Å². The average molecular weight is 444 g/mol. The highest BCUT2D eigenvalue weighted by atomic mass is 16.6. The molecule has 4 fully saturated rings. The Bertz CT molecular complexity index is 833. The maximum absolute atomic E-state index is 12.0. The summed E-state index contributed by atoms with van der Waals surface area (Å²) in [6.07, 6.45) is 19.1. The van der Waals surface area contributed by atoms with Crippen molar-refractivity contribution >= 4 is 18.2 Å². The van der Waals surface area contributed by atoms with Gasteiger partial charge in [0.05, 0.1) is 7.11 Å². The van der Waals surface area contributed by atoms with Gasteiger partial charge in [0.2, 0.25) is 0 Å². The molecule has 3 saturated carbocycles. The quantitative estimate of drug-likeness (QED) is 0.377. The van der Waals surface area contributed by atoms with Crippen LogP contribution in [-0.2, 0) is 23.9 Å². The van der Waals surface area contributed by atoms with Crippen LogP contribution in [0.5, 0.6) is 0 Å². The smallest absolute Gasteiger partial charge is 0.306 e. The lowest BCUT2D eigenvalue weighted by Crippen LogP contribution is -2.68. The molecule has 2 N–H and O–H groups in total. The highest BCUT2D eigenvalue weighted by molar-refractivity contribution is 5.91. The SMILES string of the molecule is C#C.CC12CCC(=O)C=C1CCC1(N)C2CC[C@@]2(C)C1CC[C@@]21CCC(=O)O1.COC=O. The fourth-order valence-electron chi connectivity index (χ4n) is 8.06. The Morgan fingerprint density at radius 2 is 1.69 bits per heavy atom. The van der Waals surface area contributed by atoms with E-state index in [1.165, 1.54) is 12.7 Å². The molecule has 32 heavy (non-hydrogen) atoms. The molecule has 0 amide bonds. The molecule has 4 unspecified atom stereocenters. The number of carbonyl (C=O) groups excluding carboxylic acids is 3. The largest absolute Gasteiger partial charge is 0.471 e. The second-order valence-corrected chi connectivity index (χ2v) is 10.6. The van der Waals surface area contributed by atoms with Gasteiger partial charge in [-0.3, -0.25) is 14.4 Å². The maximum Gasteiger partial charge on any atom is 0.306 e. The first-order valence-electron chi connectivity index (χ1n) is 11.7. The lowest BCUT2D eigenvalue weighted by molar-refractivity contribution is -0.170. The fourth-order valence-corrected chi connectivity index (χ4v) is 8.06. The molecule has 6 atom stereocenters. The fraction of sp³-hybridized carbons (Fsp3) is 0.731. The van der Waals surface area contributed by atoms with Crippen molar-refractivity contribution in [3.8, 4) is 12.8 Å². The van der Waals surface area contributed by atoms with Crippen molar-refractivity contribution in [3.05, 3.63) is 11.6 Å². The van der Waals surface area contributed by atoms with Gasteiger partial charge in [-0.1, -0.05) is 19.4 Å². The van der Waals surface area contributed by atoms with Gasteiger partial charge in [0.1, 0.15) is 5.60 Å². The lowest BCUT2D eigenvalue weighted by atomic mass is 9.43. The van der Waals surface area contributed by atoms with Gasteiger partial charge < -0.3 is 15.2 Å². The van der Waals surface area contributed by atoms with Crippen molar-refractivity contribution in [1.29, 1.82) is 0 Å². The van der Waals surface area contributed by atoms with E-state index in [9.17, 15) is 9.59 Å². The van der Waals surface area contributed by atoms with Crippen LogP contribution in [-0.4, -0.2) is 36.5 Å². The van der Waals surface area contributed by atoms with Gasteiger partial charge in [-0.2, -0.15) is 0 Å². The number of hydrogen-bond acceptors (Lipinski definition) is 6. The highest BCUT2D eigenvalue weighted by Gasteiger charge is 2.70. The van der Waals surface area contributed by atoms with Gasteiger partial charge in [-0.05, 0) is 74.7 Å². The minimum absolute atomic E-state index is 0.00642. The molecule has 5 rings (SSSR count). The van der Waals surface area contributed by atoms with Crippen LogP contribution in [0.2, 0.25) is 0 Å². The molecule has 0 radical (unpaired) electrons. The molecule has 176 valence electrons. The standard InChI is InChI=1S/C22H31NO3.C2H4O2.C2H2/c1-19-8-4-15(24)13-14(19)3-12-22(23)16(19)5-9-20(2)17(22)6-10-21(20)11-7-18(25)26-21;1-4-2-3;1-2/h13,16-17H,3-12,23H2,1-2H3;2H,1H3;1-2H/t16?,17?,19?,20-,21+,22?;;/m0../s1. The number of allylic oxidation sites excluding steroid dienone is 1. The number of methoxy groups -OCH3 is 1. The van der Waals surface area contributed by atoms with Gasteiger partial charge in [0.25, 0.3) is 6.47 Å². The molecule has 6 heteroatoms. The van der Waals surface area contributed by atoms with E-state index >= 15 is 0 Å². The Morgan fingerprint density at radius 1 is 1.03 bits per heavy atom. The van der Waals surface area contributed by atoms with Gasteiger partial charge >= 0.3 is 5.97 Å². The zero-order valence-corrected chi connectivity index (χ0v) is 19.7. The molecular weight excluding hydrogens is 406 g/mol. The number of hydrogen-bond donors (Lipinski definition) is 1. The van der Waals surface area contributed by atoms with Gasteiger partial charge in [-0.15, -0.1) is 12.8 Å². The van der Waals surface area contributed by atoms with Crippen LogP contribution >= 0.6 is 0 Å². The van der Waals surface area contributed by atoms with E-state index in [4.69, 9.17) is 15.3 Å². The third-order valence-corrected chi connectivity index (χ3v) is 9.59. The average Bonchev–Trinajstić information content (AvgIpc) is 3.31. The Hall–Kier alpha value is -2.13. The monoisotopic (exact) mass is 443 g/mol. The summed E-state index contributed by atoms with van der Waals surface area (Å²) in [5.74, 6) is 1.12. The van der Waals surface area contributed by atoms with E-state index in [0.717, 1.165) is 51.4 Å². The Morgan fingerprint density at radius 3 is 2.28 bits per heavy atom. The molecule has 4 aliphatic carbocycles. The predicted octanol–water partition coefficient (Wildman–Crippen LogP) is 3.71. The summed E-state index contributed by atoms with van der Waals surface area (Å²) in [6.45, 7) is 5.09. The first-order chi connectivity index (χ1) is 15.1. The first-order valence-corrected chi connectivity index (χ1v) is 11.7. The third kappa shape index (κ3) is 3.41. The molecule has 1 aliphatic heterocycles. The molecule has 0 bridgehead atoms. The Labute approximate surface area is 191 Å². The summed E-state index contributed by atoms with van der Waals surface area (Å²) in [6, 6.07) is 0. The number of ether oxygens (including phenoxy) is 2. The number of fused-ring (bicyclic) bond motifs is 6. The Balaban J connectivity index is 0.000000437. The van der Waals surface area contributed by atoms with Crippen molar-refractivity contribution in [3.63, 3.8) is 0 Å². The second-order valence-electron chi connectivity index (χ2n) is 10.6. The van der Waals surface area contributed by atoms with E-state index in [-0.39, 0.29) is 27.9 Å². The number of terminal acetylenes is 1. The van der Waals surface area contributed by atoms with Gasteiger partial charge in [0.15, 0.2) is 5.78 Å².